The lowest BCUT2D eigenvalue weighted by molar-refractivity contribution is -0.140. The zero-order chi connectivity index (χ0) is 28.5. The number of ether oxygens (including phenoxy) is 2. The van der Waals surface area contributed by atoms with Gasteiger partial charge in [0.25, 0.3) is 5.91 Å². The zero-order valence-corrected chi connectivity index (χ0v) is 24.5. The summed E-state index contributed by atoms with van der Waals surface area (Å²) in [6, 6.07) is 11.0. The maximum Gasteiger partial charge on any atom is 0.408 e. The molecular formula is C29H41N3O5S. The predicted octanol–water partition coefficient (Wildman–Crippen LogP) is 5.49. The molecule has 0 saturated heterocycles. The van der Waals surface area contributed by atoms with Gasteiger partial charge in [0.1, 0.15) is 23.4 Å². The molecule has 2 aromatic rings. The number of anilines is 1. The summed E-state index contributed by atoms with van der Waals surface area (Å²) in [6.07, 6.45) is 1.67. The fourth-order valence-corrected chi connectivity index (χ4v) is 4.49. The number of rotatable bonds is 11. The minimum absolute atomic E-state index is 0.263. The molecule has 8 nitrogen and oxygen atoms in total. The van der Waals surface area contributed by atoms with Gasteiger partial charge in [0.2, 0.25) is 5.91 Å². The number of amides is 3. The van der Waals surface area contributed by atoms with E-state index in [2.05, 4.69) is 10.6 Å². The lowest BCUT2D eigenvalue weighted by Crippen LogP contribution is -2.52. The van der Waals surface area contributed by atoms with E-state index < -0.39 is 23.8 Å². The maximum atomic E-state index is 14.0. The van der Waals surface area contributed by atoms with Crippen molar-refractivity contribution < 1.29 is 23.9 Å². The van der Waals surface area contributed by atoms with Crippen LogP contribution in [0.4, 0.5) is 10.5 Å². The molecule has 3 amide bonds. The van der Waals surface area contributed by atoms with Crippen molar-refractivity contribution in [1.29, 1.82) is 0 Å². The monoisotopic (exact) mass is 543 g/mol. The van der Waals surface area contributed by atoms with Gasteiger partial charge in [-0.25, -0.2) is 4.79 Å². The van der Waals surface area contributed by atoms with Crippen LogP contribution in [-0.4, -0.2) is 60.1 Å². The maximum absolute atomic E-state index is 14.0. The number of hydrogen-bond donors (Lipinski definition) is 2. The van der Waals surface area contributed by atoms with E-state index in [1.165, 1.54) is 4.90 Å². The Morgan fingerprint density at radius 3 is 2.26 bits per heavy atom. The first-order chi connectivity index (χ1) is 17.9. The van der Waals surface area contributed by atoms with Gasteiger partial charge in [-0.2, -0.15) is 11.8 Å². The molecule has 0 heterocycles. The first-order valence-electron chi connectivity index (χ1n) is 12.7. The minimum Gasteiger partial charge on any atom is -0.497 e. The van der Waals surface area contributed by atoms with E-state index >= 15 is 0 Å². The highest BCUT2D eigenvalue weighted by Crippen LogP contribution is 2.29. The van der Waals surface area contributed by atoms with Crippen molar-refractivity contribution in [2.75, 3.05) is 31.0 Å². The van der Waals surface area contributed by atoms with E-state index in [9.17, 15) is 14.4 Å². The number of thioether (sulfide) groups is 1. The topological polar surface area (TPSA) is 97.0 Å². The Bertz CT molecular complexity index is 1100. The Kier molecular flexibility index (Phi) is 11.5. The molecular weight excluding hydrogens is 502 g/mol. The molecule has 2 aromatic carbocycles. The van der Waals surface area contributed by atoms with Crippen molar-refractivity contribution in [2.24, 2.45) is 0 Å². The van der Waals surface area contributed by atoms with Crippen molar-refractivity contribution in [1.82, 2.24) is 10.2 Å². The zero-order valence-electron chi connectivity index (χ0n) is 23.7. The van der Waals surface area contributed by atoms with Crippen LogP contribution in [0.15, 0.2) is 42.5 Å². The molecule has 38 heavy (non-hydrogen) atoms. The Hall–Kier alpha value is -3.20. The molecule has 0 bridgehead atoms. The predicted molar refractivity (Wildman–Crippen MR) is 154 cm³/mol. The molecule has 2 unspecified atom stereocenters. The molecule has 0 spiro atoms. The second kappa shape index (κ2) is 14.1. The molecule has 0 aliphatic rings. The number of hydrogen-bond acceptors (Lipinski definition) is 6. The number of aryl methyl sites for hydroxylation is 1. The Balaban J connectivity index is 2.47. The number of carbonyl (C=O) groups excluding carboxylic acids is 3. The van der Waals surface area contributed by atoms with Gasteiger partial charge in [-0.1, -0.05) is 18.2 Å². The van der Waals surface area contributed by atoms with Crippen molar-refractivity contribution in [3.63, 3.8) is 0 Å². The van der Waals surface area contributed by atoms with E-state index in [0.29, 0.717) is 23.6 Å². The van der Waals surface area contributed by atoms with Crippen molar-refractivity contribution in [3.8, 4) is 5.75 Å². The summed E-state index contributed by atoms with van der Waals surface area (Å²) in [7, 11) is 1.58. The molecule has 2 N–H and O–H groups in total. The van der Waals surface area contributed by atoms with Gasteiger partial charge in [-0.15, -0.1) is 0 Å². The SMILES string of the molecule is CCN(C(=O)C(CCSC)NC(=O)OC(C)(C)C)C(C(=O)Nc1ccc(OC)cc1)c1cccc(C)c1C. The molecule has 0 saturated carbocycles. The number of nitrogens with one attached hydrogen (secondary N) is 2. The van der Waals surface area contributed by atoms with E-state index in [1.54, 1.807) is 63.9 Å². The molecule has 2 rings (SSSR count). The lowest BCUT2D eigenvalue weighted by atomic mass is 9.95. The van der Waals surface area contributed by atoms with Gasteiger partial charge in [-0.05, 0) is 101 Å². The van der Waals surface area contributed by atoms with Gasteiger partial charge < -0.3 is 25.0 Å². The fourth-order valence-electron chi connectivity index (χ4n) is 4.01. The van der Waals surface area contributed by atoms with Gasteiger partial charge in [0, 0.05) is 12.2 Å². The van der Waals surface area contributed by atoms with Gasteiger partial charge in [0.05, 0.1) is 7.11 Å². The summed E-state index contributed by atoms with van der Waals surface area (Å²) >= 11 is 1.57. The number of nitrogens with zero attached hydrogens (tertiary/aromatic N) is 1. The van der Waals surface area contributed by atoms with Crippen LogP contribution in [0.3, 0.4) is 0 Å². The van der Waals surface area contributed by atoms with Crippen LogP contribution in [0.25, 0.3) is 0 Å². The third-order valence-corrected chi connectivity index (χ3v) is 6.73. The third kappa shape index (κ3) is 8.68. The minimum atomic E-state index is -0.910. The number of alkyl carbamates (subject to hydrolysis) is 1. The molecule has 208 valence electrons. The summed E-state index contributed by atoms with van der Waals surface area (Å²) in [5, 5.41) is 5.70. The summed E-state index contributed by atoms with van der Waals surface area (Å²) in [6.45, 7) is 11.3. The Morgan fingerprint density at radius 1 is 1.05 bits per heavy atom. The summed E-state index contributed by atoms with van der Waals surface area (Å²) in [5.74, 6) is 0.628. The van der Waals surface area contributed by atoms with E-state index in [0.717, 1.165) is 16.7 Å². The molecule has 0 aromatic heterocycles. The summed E-state index contributed by atoms with van der Waals surface area (Å²) in [5.41, 5.74) is 2.54. The molecule has 0 fully saturated rings. The van der Waals surface area contributed by atoms with E-state index in [1.807, 2.05) is 45.2 Å². The number of carbonyl (C=O) groups is 3. The second-order valence-electron chi connectivity index (χ2n) is 10.0. The normalized spacial score (nSPS) is 12.7. The van der Waals surface area contributed by atoms with Crippen LogP contribution in [0.5, 0.6) is 5.75 Å². The van der Waals surface area contributed by atoms with Crippen molar-refractivity contribution in [2.45, 2.75) is 65.6 Å². The summed E-state index contributed by atoms with van der Waals surface area (Å²) in [4.78, 5) is 42.0. The van der Waals surface area contributed by atoms with E-state index in [4.69, 9.17) is 9.47 Å². The van der Waals surface area contributed by atoms with Crippen LogP contribution < -0.4 is 15.4 Å². The smallest absolute Gasteiger partial charge is 0.408 e. The molecule has 9 heteroatoms. The van der Waals surface area contributed by atoms with Crippen LogP contribution in [0.1, 0.15) is 56.8 Å². The van der Waals surface area contributed by atoms with Gasteiger partial charge >= 0.3 is 6.09 Å². The first-order valence-corrected chi connectivity index (χ1v) is 14.1. The number of methoxy groups -OCH3 is 1. The molecule has 2 atom stereocenters. The highest BCUT2D eigenvalue weighted by atomic mass is 32.2. The lowest BCUT2D eigenvalue weighted by Gasteiger charge is -2.34. The fraction of sp³-hybridized carbons (Fsp3) is 0.483. The average molecular weight is 544 g/mol. The summed E-state index contributed by atoms with van der Waals surface area (Å²) < 4.78 is 10.6. The van der Waals surface area contributed by atoms with Crippen molar-refractivity contribution >= 4 is 35.4 Å². The van der Waals surface area contributed by atoms with Crippen LogP contribution in [-0.2, 0) is 14.3 Å². The molecule has 0 aliphatic carbocycles. The first kappa shape index (κ1) is 31.0. The third-order valence-electron chi connectivity index (χ3n) is 6.08. The largest absolute Gasteiger partial charge is 0.497 e. The molecule has 0 radical (unpaired) electrons. The Labute approximate surface area is 230 Å². The average Bonchev–Trinajstić information content (AvgIpc) is 2.86. The Morgan fingerprint density at radius 2 is 1.71 bits per heavy atom. The van der Waals surface area contributed by atoms with Gasteiger partial charge in [0.15, 0.2) is 0 Å². The van der Waals surface area contributed by atoms with Gasteiger partial charge in [-0.3, -0.25) is 9.59 Å². The van der Waals surface area contributed by atoms with Crippen molar-refractivity contribution in [3.05, 3.63) is 59.2 Å². The number of likely N-dealkylation sites (N-methyl/N-ethyl adjacent to an activating group) is 1. The molecule has 0 aliphatic heterocycles. The highest BCUT2D eigenvalue weighted by Gasteiger charge is 2.36. The van der Waals surface area contributed by atoms with Crippen LogP contribution in [0, 0.1) is 13.8 Å². The van der Waals surface area contributed by atoms with E-state index in [-0.39, 0.29) is 18.4 Å². The van der Waals surface area contributed by atoms with Crippen LogP contribution in [0.2, 0.25) is 0 Å². The quantitative estimate of drug-likeness (QED) is 0.389. The standard InChI is InChI=1S/C29H41N3O5S/c1-9-32(27(34)24(17-18-38-8)31-28(35)37-29(4,5)6)25(23-12-10-11-19(2)20(23)3)26(33)30-21-13-15-22(36-7)16-14-21/h10-16,24-25H,9,17-18H2,1-8H3,(H,30,33)(H,31,35). The second-order valence-corrected chi connectivity index (χ2v) is 11.0. The highest BCUT2D eigenvalue weighted by molar-refractivity contribution is 7.98. The number of benzene rings is 2. The van der Waals surface area contributed by atoms with Crippen LogP contribution >= 0.6 is 11.8 Å².